The molecule has 0 saturated heterocycles. The Bertz CT molecular complexity index is 309. The average Bonchev–Trinajstić information content (AvgIpc) is 2.50. The molecule has 1 heterocycles. The fourth-order valence-corrected chi connectivity index (χ4v) is 2.30. The highest BCUT2D eigenvalue weighted by Crippen LogP contribution is 2.16. The van der Waals surface area contributed by atoms with E-state index in [0.29, 0.717) is 0 Å². The topological polar surface area (TPSA) is 55.1 Å². The fourth-order valence-electron chi connectivity index (χ4n) is 1.28. The molecule has 0 aliphatic carbocycles. The van der Waals surface area contributed by atoms with Crippen LogP contribution < -0.4 is 11.1 Å². The van der Waals surface area contributed by atoms with E-state index < -0.39 is 0 Å². The number of carbonyl (C=O) groups is 1. The molecule has 4 heteroatoms. The van der Waals surface area contributed by atoms with Crippen molar-refractivity contribution in [1.29, 1.82) is 0 Å². The minimum absolute atomic E-state index is 0.0633. The van der Waals surface area contributed by atoms with Crippen LogP contribution in [-0.4, -0.2) is 18.5 Å². The van der Waals surface area contributed by atoms with E-state index in [4.69, 9.17) is 5.73 Å². The fraction of sp³-hybridized carbons (Fsp3) is 0.500. The van der Waals surface area contributed by atoms with Gasteiger partial charge in [0.2, 0.25) is 5.91 Å². The largest absolute Gasteiger partial charge is 0.352 e. The second kappa shape index (κ2) is 5.12. The van der Waals surface area contributed by atoms with Gasteiger partial charge in [-0.15, -0.1) is 11.3 Å². The zero-order chi connectivity index (χ0) is 10.6. The van der Waals surface area contributed by atoms with Gasteiger partial charge in [0.15, 0.2) is 0 Å². The van der Waals surface area contributed by atoms with E-state index in [1.807, 2.05) is 6.92 Å². The smallest absolute Gasteiger partial charge is 0.233 e. The summed E-state index contributed by atoms with van der Waals surface area (Å²) in [7, 11) is 0. The molecule has 0 fully saturated rings. The molecule has 0 aliphatic heterocycles. The normalized spacial score (nSPS) is 12.5. The van der Waals surface area contributed by atoms with Crippen LogP contribution in [0.2, 0.25) is 0 Å². The Labute approximate surface area is 88.3 Å². The van der Waals surface area contributed by atoms with Gasteiger partial charge in [-0.3, -0.25) is 4.79 Å². The van der Waals surface area contributed by atoms with Gasteiger partial charge in [-0.2, -0.15) is 0 Å². The summed E-state index contributed by atoms with van der Waals surface area (Å²) in [4.78, 5) is 13.6. The van der Waals surface area contributed by atoms with E-state index in [-0.39, 0.29) is 18.5 Å². The summed E-state index contributed by atoms with van der Waals surface area (Å²) < 4.78 is 0. The zero-order valence-corrected chi connectivity index (χ0v) is 9.36. The van der Waals surface area contributed by atoms with Crippen molar-refractivity contribution in [2.75, 3.05) is 6.54 Å². The molecule has 0 spiro atoms. The summed E-state index contributed by atoms with van der Waals surface area (Å²) in [5.74, 6) is -0.0919. The third-order valence-corrected chi connectivity index (χ3v) is 2.92. The number of nitrogens with two attached hydrogens (primary N) is 1. The molecular formula is C10H16N2OS. The van der Waals surface area contributed by atoms with Gasteiger partial charge in [-0.25, -0.2) is 0 Å². The molecule has 1 amide bonds. The molecule has 3 N–H and O–H groups in total. The average molecular weight is 212 g/mol. The summed E-state index contributed by atoms with van der Waals surface area (Å²) >= 11 is 1.77. The first-order chi connectivity index (χ1) is 6.61. The molecule has 0 saturated carbocycles. The quantitative estimate of drug-likeness (QED) is 0.784. The lowest BCUT2D eigenvalue weighted by atomic mass is 10.2. The number of thiophene rings is 1. The van der Waals surface area contributed by atoms with Gasteiger partial charge in [-0.05, 0) is 26.0 Å². The van der Waals surface area contributed by atoms with Gasteiger partial charge in [0.25, 0.3) is 0 Å². The van der Waals surface area contributed by atoms with Crippen LogP contribution in [0.3, 0.4) is 0 Å². The van der Waals surface area contributed by atoms with E-state index in [9.17, 15) is 4.79 Å². The molecule has 1 rings (SSSR count). The molecule has 1 unspecified atom stereocenters. The number of carbonyl (C=O) groups excluding carboxylic acids is 1. The minimum Gasteiger partial charge on any atom is -0.352 e. The van der Waals surface area contributed by atoms with Crippen LogP contribution in [0, 0.1) is 6.92 Å². The summed E-state index contributed by atoms with van der Waals surface area (Å²) in [6, 6.07) is 4.35. The standard InChI is InChI=1S/C10H16N2OS/c1-7(12-10(13)6-11)5-9-4-3-8(2)14-9/h3-4,7H,5-6,11H2,1-2H3,(H,12,13). The Kier molecular flexibility index (Phi) is 4.10. The number of rotatable bonds is 4. The first kappa shape index (κ1) is 11.2. The number of nitrogens with one attached hydrogen (secondary N) is 1. The Morgan fingerprint density at radius 3 is 2.86 bits per heavy atom. The molecule has 0 aliphatic rings. The summed E-state index contributed by atoms with van der Waals surface area (Å²) in [6.07, 6.45) is 0.879. The molecule has 0 aromatic carbocycles. The number of hydrogen-bond acceptors (Lipinski definition) is 3. The van der Waals surface area contributed by atoms with Gasteiger partial charge < -0.3 is 11.1 Å². The van der Waals surface area contributed by atoms with Crippen molar-refractivity contribution >= 4 is 17.2 Å². The van der Waals surface area contributed by atoms with Crippen molar-refractivity contribution < 1.29 is 4.79 Å². The van der Waals surface area contributed by atoms with Gasteiger partial charge >= 0.3 is 0 Å². The summed E-state index contributed by atoms with van der Waals surface area (Å²) in [5.41, 5.74) is 5.21. The van der Waals surface area contributed by atoms with E-state index in [1.165, 1.54) is 9.75 Å². The molecule has 1 aromatic rings. The highest BCUT2D eigenvalue weighted by molar-refractivity contribution is 7.11. The Hall–Kier alpha value is -0.870. The maximum Gasteiger partial charge on any atom is 0.233 e. The van der Waals surface area contributed by atoms with E-state index in [1.54, 1.807) is 11.3 Å². The van der Waals surface area contributed by atoms with Crippen LogP contribution in [0.15, 0.2) is 12.1 Å². The second-order valence-corrected chi connectivity index (χ2v) is 4.76. The number of amides is 1. The Balaban J connectivity index is 2.41. The van der Waals surface area contributed by atoms with Crippen LogP contribution in [0.1, 0.15) is 16.7 Å². The zero-order valence-electron chi connectivity index (χ0n) is 8.54. The first-order valence-electron chi connectivity index (χ1n) is 4.66. The van der Waals surface area contributed by atoms with Crippen molar-refractivity contribution in [1.82, 2.24) is 5.32 Å². The van der Waals surface area contributed by atoms with Crippen molar-refractivity contribution in [3.05, 3.63) is 21.9 Å². The lowest BCUT2D eigenvalue weighted by Gasteiger charge is -2.11. The van der Waals surface area contributed by atoms with Gasteiger partial charge in [-0.1, -0.05) is 0 Å². The van der Waals surface area contributed by atoms with Crippen molar-refractivity contribution in [3.8, 4) is 0 Å². The Morgan fingerprint density at radius 2 is 2.36 bits per heavy atom. The lowest BCUT2D eigenvalue weighted by molar-refractivity contribution is -0.120. The Morgan fingerprint density at radius 1 is 1.64 bits per heavy atom. The van der Waals surface area contributed by atoms with Gasteiger partial charge in [0.05, 0.1) is 6.54 Å². The molecule has 1 aromatic heterocycles. The third-order valence-electron chi connectivity index (χ3n) is 1.90. The van der Waals surface area contributed by atoms with E-state index in [2.05, 4.69) is 24.4 Å². The van der Waals surface area contributed by atoms with Gasteiger partial charge in [0, 0.05) is 22.2 Å². The van der Waals surface area contributed by atoms with Crippen molar-refractivity contribution in [2.45, 2.75) is 26.3 Å². The van der Waals surface area contributed by atoms with Crippen LogP contribution in [0.25, 0.3) is 0 Å². The monoisotopic (exact) mass is 212 g/mol. The van der Waals surface area contributed by atoms with Crippen molar-refractivity contribution in [2.24, 2.45) is 5.73 Å². The SMILES string of the molecule is Cc1ccc(CC(C)NC(=O)CN)s1. The summed E-state index contributed by atoms with van der Waals surface area (Å²) in [6.45, 7) is 4.13. The summed E-state index contributed by atoms with van der Waals surface area (Å²) in [5, 5.41) is 2.83. The van der Waals surface area contributed by atoms with Crippen LogP contribution in [0.4, 0.5) is 0 Å². The molecule has 0 radical (unpaired) electrons. The van der Waals surface area contributed by atoms with Crippen LogP contribution in [0.5, 0.6) is 0 Å². The number of aryl methyl sites for hydroxylation is 1. The van der Waals surface area contributed by atoms with E-state index in [0.717, 1.165) is 6.42 Å². The molecular weight excluding hydrogens is 196 g/mol. The predicted molar refractivity (Wildman–Crippen MR) is 59.4 cm³/mol. The van der Waals surface area contributed by atoms with Gasteiger partial charge in [0.1, 0.15) is 0 Å². The minimum atomic E-state index is -0.0919. The third kappa shape index (κ3) is 3.47. The first-order valence-corrected chi connectivity index (χ1v) is 5.48. The molecule has 78 valence electrons. The molecule has 14 heavy (non-hydrogen) atoms. The lowest BCUT2D eigenvalue weighted by Crippen LogP contribution is -2.37. The predicted octanol–water partition coefficient (Wildman–Crippen LogP) is 1.06. The van der Waals surface area contributed by atoms with Crippen LogP contribution >= 0.6 is 11.3 Å². The highest BCUT2D eigenvalue weighted by Gasteiger charge is 2.07. The molecule has 0 bridgehead atoms. The maximum absolute atomic E-state index is 11.0. The second-order valence-electron chi connectivity index (χ2n) is 3.39. The number of hydrogen-bond donors (Lipinski definition) is 2. The van der Waals surface area contributed by atoms with Crippen LogP contribution in [-0.2, 0) is 11.2 Å². The maximum atomic E-state index is 11.0. The van der Waals surface area contributed by atoms with E-state index >= 15 is 0 Å². The van der Waals surface area contributed by atoms with Crippen molar-refractivity contribution in [3.63, 3.8) is 0 Å². The highest BCUT2D eigenvalue weighted by atomic mass is 32.1. The molecule has 1 atom stereocenters. The molecule has 3 nitrogen and oxygen atoms in total.